The number of nitrogens with two attached hydrogens (primary N) is 1. The molecule has 20 heavy (non-hydrogen) atoms. The molecule has 0 saturated heterocycles. The molecule has 1 heterocycles. The van der Waals surface area contributed by atoms with Gasteiger partial charge in [-0.25, -0.2) is 4.39 Å². The number of methoxy groups -OCH3 is 1. The lowest BCUT2D eigenvalue weighted by Crippen LogP contribution is -2.18. The molecule has 2 aromatic rings. The first-order chi connectivity index (χ1) is 9.61. The number of aromatic nitrogens is 1. The van der Waals surface area contributed by atoms with Crippen LogP contribution in [0, 0.1) is 12.7 Å². The molecular weight excluding hydrogens is 255 g/mol. The number of benzene rings is 1. The summed E-state index contributed by atoms with van der Waals surface area (Å²) in [6.07, 6.45) is 3.09. The van der Waals surface area contributed by atoms with Crippen molar-refractivity contribution in [2.45, 2.75) is 32.2 Å². The zero-order valence-corrected chi connectivity index (χ0v) is 11.8. The highest BCUT2D eigenvalue weighted by molar-refractivity contribution is 5.46. The van der Waals surface area contributed by atoms with Crippen LogP contribution in [0.1, 0.15) is 35.8 Å². The molecule has 0 radical (unpaired) electrons. The van der Waals surface area contributed by atoms with Crippen molar-refractivity contribution >= 4 is 0 Å². The quantitative estimate of drug-likeness (QED) is 0.913. The molecule has 1 atom stereocenters. The standard InChI is InChI=1S/C16H19FN2O/c1-10-8-12-14(18)4-3-5-15(12)19(10)11-6-7-16(20-2)13(17)9-11/h6-9,14H,3-5,18H2,1-2H3. The molecule has 1 aliphatic carbocycles. The second-order valence-electron chi connectivity index (χ2n) is 5.34. The maximum Gasteiger partial charge on any atom is 0.167 e. The van der Waals surface area contributed by atoms with Gasteiger partial charge in [0.05, 0.1) is 7.11 Å². The van der Waals surface area contributed by atoms with Gasteiger partial charge >= 0.3 is 0 Å². The molecule has 0 fully saturated rings. The summed E-state index contributed by atoms with van der Waals surface area (Å²) in [5.74, 6) is -0.0731. The van der Waals surface area contributed by atoms with Gasteiger partial charge in [-0.1, -0.05) is 0 Å². The highest BCUT2D eigenvalue weighted by Gasteiger charge is 2.23. The first-order valence-corrected chi connectivity index (χ1v) is 6.92. The molecule has 0 spiro atoms. The normalized spacial score (nSPS) is 17.9. The van der Waals surface area contributed by atoms with Gasteiger partial charge in [0.15, 0.2) is 11.6 Å². The van der Waals surface area contributed by atoms with Gasteiger partial charge in [-0.3, -0.25) is 0 Å². The molecule has 1 aromatic carbocycles. The van der Waals surface area contributed by atoms with E-state index >= 15 is 0 Å². The monoisotopic (exact) mass is 274 g/mol. The Labute approximate surface area is 118 Å². The molecule has 3 nitrogen and oxygen atoms in total. The van der Waals surface area contributed by atoms with Crippen LogP contribution in [-0.4, -0.2) is 11.7 Å². The second kappa shape index (κ2) is 4.94. The SMILES string of the molecule is COc1ccc(-n2c(C)cc3c2CCCC3N)cc1F. The van der Waals surface area contributed by atoms with Crippen LogP contribution in [0.15, 0.2) is 24.3 Å². The molecule has 4 heteroatoms. The Morgan fingerprint density at radius 3 is 2.85 bits per heavy atom. The maximum atomic E-state index is 13.9. The second-order valence-corrected chi connectivity index (χ2v) is 5.34. The molecule has 2 N–H and O–H groups in total. The Hall–Kier alpha value is -1.81. The van der Waals surface area contributed by atoms with Gasteiger partial charge in [-0.05, 0) is 49.9 Å². The van der Waals surface area contributed by atoms with E-state index in [1.165, 1.54) is 24.4 Å². The number of ether oxygens (including phenoxy) is 1. The van der Waals surface area contributed by atoms with Crippen molar-refractivity contribution < 1.29 is 9.13 Å². The summed E-state index contributed by atoms with van der Waals surface area (Å²) in [4.78, 5) is 0. The van der Waals surface area contributed by atoms with E-state index < -0.39 is 0 Å². The Morgan fingerprint density at radius 1 is 1.35 bits per heavy atom. The van der Waals surface area contributed by atoms with Crippen LogP contribution in [0.4, 0.5) is 4.39 Å². The van der Waals surface area contributed by atoms with Crippen molar-refractivity contribution in [1.82, 2.24) is 4.57 Å². The first kappa shape index (κ1) is 13.2. The lowest BCUT2D eigenvalue weighted by Gasteiger charge is -2.21. The number of fused-ring (bicyclic) bond motifs is 1. The van der Waals surface area contributed by atoms with Crippen LogP contribution in [-0.2, 0) is 6.42 Å². The van der Waals surface area contributed by atoms with Gasteiger partial charge in [0.25, 0.3) is 0 Å². The Bertz CT molecular complexity index is 648. The van der Waals surface area contributed by atoms with Crippen LogP contribution in [0.25, 0.3) is 5.69 Å². The fourth-order valence-corrected chi connectivity index (χ4v) is 3.09. The summed E-state index contributed by atoms with van der Waals surface area (Å²) < 4.78 is 21.0. The van der Waals surface area contributed by atoms with E-state index in [1.54, 1.807) is 6.07 Å². The van der Waals surface area contributed by atoms with Crippen molar-refractivity contribution in [3.63, 3.8) is 0 Å². The summed E-state index contributed by atoms with van der Waals surface area (Å²) in [6.45, 7) is 2.03. The highest BCUT2D eigenvalue weighted by atomic mass is 19.1. The summed E-state index contributed by atoms with van der Waals surface area (Å²) in [7, 11) is 1.47. The van der Waals surface area contributed by atoms with Gasteiger partial charge in [0.1, 0.15) is 0 Å². The predicted octanol–water partition coefficient (Wildman–Crippen LogP) is 3.27. The average molecular weight is 274 g/mol. The number of rotatable bonds is 2. The highest BCUT2D eigenvalue weighted by Crippen LogP contribution is 2.33. The number of aryl methyl sites for hydroxylation is 1. The summed E-state index contributed by atoms with van der Waals surface area (Å²) in [6, 6.07) is 7.30. The summed E-state index contributed by atoms with van der Waals surface area (Å²) in [5.41, 5.74) is 10.5. The van der Waals surface area contributed by atoms with E-state index in [0.29, 0.717) is 0 Å². The zero-order chi connectivity index (χ0) is 14.3. The molecule has 1 aliphatic rings. The number of hydrogen-bond acceptors (Lipinski definition) is 2. The fourth-order valence-electron chi connectivity index (χ4n) is 3.09. The molecule has 0 bridgehead atoms. The van der Waals surface area contributed by atoms with Crippen LogP contribution in [0.2, 0.25) is 0 Å². The van der Waals surface area contributed by atoms with E-state index in [0.717, 1.165) is 30.6 Å². The van der Waals surface area contributed by atoms with Gasteiger partial charge in [0.2, 0.25) is 0 Å². The van der Waals surface area contributed by atoms with Crippen molar-refractivity contribution in [3.8, 4) is 11.4 Å². The van der Waals surface area contributed by atoms with E-state index in [4.69, 9.17) is 10.5 Å². The molecule has 3 rings (SSSR count). The van der Waals surface area contributed by atoms with Gasteiger partial charge in [-0.15, -0.1) is 0 Å². The van der Waals surface area contributed by atoms with E-state index in [1.807, 2.05) is 13.0 Å². The van der Waals surface area contributed by atoms with E-state index in [-0.39, 0.29) is 17.6 Å². The Balaban J connectivity index is 2.13. The first-order valence-electron chi connectivity index (χ1n) is 6.92. The molecule has 1 unspecified atom stereocenters. The van der Waals surface area contributed by atoms with Crippen molar-refractivity contribution in [2.75, 3.05) is 7.11 Å². The molecule has 106 valence electrons. The molecule has 0 aliphatic heterocycles. The van der Waals surface area contributed by atoms with Gasteiger partial charge in [0, 0.05) is 29.2 Å². The minimum Gasteiger partial charge on any atom is -0.494 e. The van der Waals surface area contributed by atoms with Gasteiger partial charge < -0.3 is 15.0 Å². The smallest absolute Gasteiger partial charge is 0.167 e. The van der Waals surface area contributed by atoms with Crippen molar-refractivity contribution in [3.05, 3.63) is 47.0 Å². The number of nitrogens with zero attached hydrogens (tertiary/aromatic N) is 1. The zero-order valence-electron chi connectivity index (χ0n) is 11.8. The Morgan fingerprint density at radius 2 is 2.15 bits per heavy atom. The number of halogens is 1. The maximum absolute atomic E-state index is 13.9. The molecule has 0 amide bonds. The van der Waals surface area contributed by atoms with Gasteiger partial charge in [-0.2, -0.15) is 0 Å². The minimum absolute atomic E-state index is 0.0989. The fraction of sp³-hybridized carbons (Fsp3) is 0.375. The van der Waals surface area contributed by atoms with Crippen LogP contribution >= 0.6 is 0 Å². The predicted molar refractivity (Wildman–Crippen MR) is 76.9 cm³/mol. The van der Waals surface area contributed by atoms with Crippen LogP contribution in [0.3, 0.4) is 0 Å². The molecule has 0 saturated carbocycles. The topological polar surface area (TPSA) is 40.2 Å². The number of hydrogen-bond donors (Lipinski definition) is 1. The molecule has 1 aromatic heterocycles. The third-order valence-electron chi connectivity index (χ3n) is 4.04. The van der Waals surface area contributed by atoms with Crippen molar-refractivity contribution in [1.29, 1.82) is 0 Å². The van der Waals surface area contributed by atoms with Crippen LogP contribution < -0.4 is 10.5 Å². The lowest BCUT2D eigenvalue weighted by molar-refractivity contribution is 0.386. The van der Waals surface area contributed by atoms with E-state index in [9.17, 15) is 4.39 Å². The molecular formula is C16H19FN2O. The van der Waals surface area contributed by atoms with Crippen molar-refractivity contribution in [2.24, 2.45) is 5.73 Å². The average Bonchev–Trinajstić information content (AvgIpc) is 2.76. The summed E-state index contributed by atoms with van der Waals surface area (Å²) >= 11 is 0. The van der Waals surface area contributed by atoms with E-state index in [2.05, 4.69) is 10.6 Å². The third-order valence-corrected chi connectivity index (χ3v) is 4.04. The van der Waals surface area contributed by atoms with Crippen LogP contribution in [0.5, 0.6) is 5.75 Å². The minimum atomic E-state index is -0.341. The summed E-state index contributed by atoms with van der Waals surface area (Å²) in [5, 5.41) is 0. The lowest BCUT2D eigenvalue weighted by atomic mass is 9.93. The Kier molecular flexibility index (Phi) is 3.26. The largest absolute Gasteiger partial charge is 0.494 e. The third kappa shape index (κ3) is 2.00.